The first kappa shape index (κ1) is 15.1. The topological polar surface area (TPSA) is 49.2 Å². The van der Waals surface area contributed by atoms with Gasteiger partial charge in [-0.3, -0.25) is 0 Å². The van der Waals surface area contributed by atoms with Crippen molar-refractivity contribution in [2.45, 2.75) is 26.3 Å². The third-order valence-electron chi connectivity index (χ3n) is 3.05. The lowest BCUT2D eigenvalue weighted by Gasteiger charge is -2.08. The summed E-state index contributed by atoms with van der Waals surface area (Å²) < 4.78 is 12.7. The average Bonchev–Trinajstić information content (AvgIpc) is 2.81. The Balaban J connectivity index is 2.28. The summed E-state index contributed by atoms with van der Waals surface area (Å²) in [6, 6.07) is 3.75. The van der Waals surface area contributed by atoms with E-state index < -0.39 is 0 Å². The number of nitrogens with zero attached hydrogens (tertiary/aromatic N) is 3. The van der Waals surface area contributed by atoms with Gasteiger partial charge in [-0.25, -0.2) is 4.98 Å². The molecule has 0 aliphatic carbocycles. The molecule has 0 radical (unpaired) electrons. The van der Waals surface area contributed by atoms with E-state index in [2.05, 4.69) is 14.5 Å². The highest BCUT2D eigenvalue weighted by atomic mass is 35.5. The van der Waals surface area contributed by atoms with Gasteiger partial charge in [-0.2, -0.15) is 4.98 Å². The fourth-order valence-corrected chi connectivity index (χ4v) is 2.29. The predicted octanol–water partition coefficient (Wildman–Crippen LogP) is 2.65. The second kappa shape index (κ2) is 7.45. The van der Waals surface area contributed by atoms with Crippen molar-refractivity contribution in [3.63, 3.8) is 0 Å². The lowest BCUT2D eigenvalue weighted by atomic mass is 10.4. The number of ether oxygens (including phenoxy) is 2. The Labute approximate surface area is 123 Å². The molecule has 20 heavy (non-hydrogen) atoms. The highest BCUT2D eigenvalue weighted by Gasteiger charge is 2.12. The smallest absolute Gasteiger partial charge is 0.215 e. The fourth-order valence-electron chi connectivity index (χ4n) is 2.12. The summed E-state index contributed by atoms with van der Waals surface area (Å²) >= 11 is 5.85. The van der Waals surface area contributed by atoms with Crippen molar-refractivity contribution in [1.29, 1.82) is 0 Å². The van der Waals surface area contributed by atoms with E-state index >= 15 is 0 Å². The molecule has 0 N–H and O–H groups in total. The molecule has 110 valence electrons. The summed E-state index contributed by atoms with van der Waals surface area (Å²) in [5.41, 5.74) is 1.73. The third kappa shape index (κ3) is 3.41. The molecule has 0 saturated heterocycles. The minimum Gasteiger partial charge on any atom is -0.481 e. The fraction of sp³-hybridized carbons (Fsp3) is 0.571. The van der Waals surface area contributed by atoms with Crippen LogP contribution in [-0.4, -0.2) is 40.7 Å². The van der Waals surface area contributed by atoms with Crippen LogP contribution in [0.4, 0.5) is 0 Å². The zero-order valence-corrected chi connectivity index (χ0v) is 12.7. The number of aromatic nitrogens is 3. The van der Waals surface area contributed by atoms with Crippen LogP contribution in [0.3, 0.4) is 0 Å². The molecular formula is C14H20ClN3O2. The van der Waals surface area contributed by atoms with Crippen LogP contribution in [0.25, 0.3) is 11.2 Å². The predicted molar refractivity (Wildman–Crippen MR) is 79.6 cm³/mol. The van der Waals surface area contributed by atoms with Crippen LogP contribution in [0.1, 0.15) is 19.2 Å². The molecule has 0 atom stereocenters. The Hall–Kier alpha value is -1.33. The molecule has 2 aromatic rings. The number of hydrogen-bond acceptors (Lipinski definition) is 4. The van der Waals surface area contributed by atoms with E-state index in [4.69, 9.17) is 21.1 Å². The second-order valence-corrected chi connectivity index (χ2v) is 4.74. The first-order valence-electron chi connectivity index (χ1n) is 6.84. The molecule has 0 aliphatic rings. The van der Waals surface area contributed by atoms with Crippen molar-refractivity contribution in [1.82, 2.24) is 14.5 Å². The molecule has 2 rings (SSSR count). The van der Waals surface area contributed by atoms with Gasteiger partial charge in [0, 0.05) is 38.1 Å². The first-order chi connectivity index (χ1) is 9.80. The summed E-state index contributed by atoms with van der Waals surface area (Å²) in [5.74, 6) is 2.11. The van der Waals surface area contributed by atoms with Crippen molar-refractivity contribution >= 4 is 22.8 Å². The maximum Gasteiger partial charge on any atom is 0.215 e. The standard InChI is InChI=1S/C14H20ClN3O2/c1-3-20-10-4-9-18-12(7-8-15)16-11-5-6-13(19-2)17-14(11)18/h5-6H,3-4,7-10H2,1-2H3. The second-order valence-electron chi connectivity index (χ2n) is 4.37. The highest BCUT2D eigenvalue weighted by molar-refractivity contribution is 6.17. The summed E-state index contributed by atoms with van der Waals surface area (Å²) in [6.45, 7) is 4.30. The largest absolute Gasteiger partial charge is 0.481 e. The van der Waals surface area contributed by atoms with Crippen LogP contribution in [0.5, 0.6) is 5.88 Å². The van der Waals surface area contributed by atoms with E-state index in [-0.39, 0.29) is 0 Å². The lowest BCUT2D eigenvalue weighted by Crippen LogP contribution is -2.08. The van der Waals surface area contributed by atoms with Gasteiger partial charge >= 0.3 is 0 Å². The highest BCUT2D eigenvalue weighted by Crippen LogP contribution is 2.19. The van der Waals surface area contributed by atoms with Gasteiger partial charge in [0.1, 0.15) is 11.3 Å². The van der Waals surface area contributed by atoms with Gasteiger partial charge in [0.2, 0.25) is 5.88 Å². The van der Waals surface area contributed by atoms with Crippen LogP contribution in [0.2, 0.25) is 0 Å². The molecule has 0 aromatic carbocycles. The van der Waals surface area contributed by atoms with Gasteiger partial charge in [0.25, 0.3) is 0 Å². The SMILES string of the molecule is CCOCCCn1c(CCCl)nc2ccc(OC)nc21. The van der Waals surface area contributed by atoms with Crippen molar-refractivity contribution in [2.75, 3.05) is 26.2 Å². The van der Waals surface area contributed by atoms with Gasteiger partial charge in [0.05, 0.1) is 7.11 Å². The molecule has 6 heteroatoms. The van der Waals surface area contributed by atoms with Gasteiger partial charge < -0.3 is 14.0 Å². The van der Waals surface area contributed by atoms with Crippen LogP contribution in [0.15, 0.2) is 12.1 Å². The minimum atomic E-state index is 0.548. The minimum absolute atomic E-state index is 0.548. The molecule has 0 unspecified atom stereocenters. The quantitative estimate of drug-likeness (QED) is 0.555. The van der Waals surface area contributed by atoms with Gasteiger partial charge in [-0.05, 0) is 19.4 Å². The Kier molecular flexibility index (Phi) is 5.61. The van der Waals surface area contributed by atoms with E-state index in [0.717, 1.165) is 49.6 Å². The Morgan fingerprint density at radius 3 is 2.85 bits per heavy atom. The number of hydrogen-bond donors (Lipinski definition) is 0. The Bertz CT molecular complexity index is 557. The van der Waals surface area contributed by atoms with E-state index in [1.165, 1.54) is 0 Å². The number of halogens is 1. The molecule has 5 nitrogen and oxygen atoms in total. The van der Waals surface area contributed by atoms with Crippen molar-refractivity contribution < 1.29 is 9.47 Å². The summed E-state index contributed by atoms with van der Waals surface area (Å²) in [6.07, 6.45) is 1.66. The lowest BCUT2D eigenvalue weighted by molar-refractivity contribution is 0.141. The van der Waals surface area contributed by atoms with Crippen molar-refractivity contribution in [3.05, 3.63) is 18.0 Å². The molecule has 0 aliphatic heterocycles. The van der Waals surface area contributed by atoms with Crippen molar-refractivity contribution in [3.8, 4) is 5.88 Å². The molecular weight excluding hydrogens is 278 g/mol. The van der Waals surface area contributed by atoms with E-state index in [9.17, 15) is 0 Å². The molecule has 2 heterocycles. The summed E-state index contributed by atoms with van der Waals surface area (Å²) in [5, 5.41) is 0. The zero-order chi connectivity index (χ0) is 14.4. The maximum atomic E-state index is 5.85. The van der Waals surface area contributed by atoms with Gasteiger partial charge in [-0.1, -0.05) is 0 Å². The van der Waals surface area contributed by atoms with Crippen LogP contribution in [0, 0.1) is 0 Å². The van der Waals surface area contributed by atoms with Crippen LogP contribution in [-0.2, 0) is 17.7 Å². The molecule has 0 bridgehead atoms. The number of rotatable bonds is 8. The average molecular weight is 298 g/mol. The number of alkyl halides is 1. The zero-order valence-electron chi connectivity index (χ0n) is 11.9. The Morgan fingerprint density at radius 1 is 1.30 bits per heavy atom. The van der Waals surface area contributed by atoms with E-state index in [0.29, 0.717) is 11.8 Å². The third-order valence-corrected chi connectivity index (χ3v) is 3.24. The molecule has 0 saturated carbocycles. The summed E-state index contributed by atoms with van der Waals surface area (Å²) in [4.78, 5) is 9.09. The van der Waals surface area contributed by atoms with E-state index in [1.807, 2.05) is 19.1 Å². The number of imidazole rings is 1. The van der Waals surface area contributed by atoms with Gasteiger partial charge in [0.15, 0.2) is 5.65 Å². The Morgan fingerprint density at radius 2 is 2.15 bits per heavy atom. The normalized spacial score (nSPS) is 11.2. The van der Waals surface area contributed by atoms with Crippen LogP contribution < -0.4 is 4.74 Å². The van der Waals surface area contributed by atoms with Gasteiger partial charge in [-0.15, -0.1) is 11.6 Å². The molecule has 2 aromatic heterocycles. The van der Waals surface area contributed by atoms with Crippen molar-refractivity contribution in [2.24, 2.45) is 0 Å². The molecule has 0 amide bonds. The number of aryl methyl sites for hydroxylation is 2. The first-order valence-corrected chi connectivity index (χ1v) is 7.37. The number of pyridine rings is 1. The monoisotopic (exact) mass is 297 g/mol. The van der Waals surface area contributed by atoms with Crippen LogP contribution >= 0.6 is 11.6 Å². The summed E-state index contributed by atoms with van der Waals surface area (Å²) in [7, 11) is 1.61. The maximum absolute atomic E-state index is 5.85. The number of methoxy groups -OCH3 is 1. The molecule has 0 fully saturated rings. The van der Waals surface area contributed by atoms with E-state index in [1.54, 1.807) is 7.11 Å². The number of fused-ring (bicyclic) bond motifs is 1. The molecule has 0 spiro atoms.